The fraction of sp³-hybridized carbons (Fsp3) is 0.407. The first-order valence-corrected chi connectivity index (χ1v) is 13.0. The van der Waals surface area contributed by atoms with Crippen LogP contribution in [0.4, 0.5) is 10.2 Å². The third-order valence-electron chi connectivity index (χ3n) is 6.59. The van der Waals surface area contributed by atoms with Gasteiger partial charge in [0.25, 0.3) is 5.91 Å². The maximum absolute atomic E-state index is 14.2. The zero-order valence-electron chi connectivity index (χ0n) is 21.4. The van der Waals surface area contributed by atoms with Crippen LogP contribution in [0.1, 0.15) is 28.0 Å². The number of amides is 1. The van der Waals surface area contributed by atoms with Crippen LogP contribution >= 0.6 is 23.2 Å². The zero-order chi connectivity index (χ0) is 26.5. The summed E-state index contributed by atoms with van der Waals surface area (Å²) >= 11 is 12.3. The number of piperazine rings is 1. The van der Waals surface area contributed by atoms with Crippen molar-refractivity contribution in [3.05, 3.63) is 75.1 Å². The van der Waals surface area contributed by atoms with E-state index < -0.39 is 0 Å². The van der Waals surface area contributed by atoms with Crippen LogP contribution in [0.15, 0.2) is 42.5 Å². The van der Waals surface area contributed by atoms with Gasteiger partial charge < -0.3 is 19.4 Å². The number of rotatable bonds is 9. The van der Waals surface area contributed by atoms with Gasteiger partial charge in [0.15, 0.2) is 0 Å². The van der Waals surface area contributed by atoms with E-state index in [-0.39, 0.29) is 11.7 Å². The molecule has 0 N–H and O–H groups in total. The van der Waals surface area contributed by atoms with Gasteiger partial charge in [0.1, 0.15) is 11.6 Å². The van der Waals surface area contributed by atoms with E-state index in [1.807, 2.05) is 13.0 Å². The average molecular weight is 548 g/mol. The van der Waals surface area contributed by atoms with E-state index in [0.717, 1.165) is 43.3 Å². The predicted octanol–water partition coefficient (Wildman–Crippen LogP) is 5.06. The molecule has 0 unspecified atom stereocenters. The molecule has 1 fully saturated rings. The van der Waals surface area contributed by atoms with Gasteiger partial charge in [0.05, 0.1) is 28.0 Å². The van der Waals surface area contributed by atoms with E-state index in [2.05, 4.69) is 16.8 Å². The first-order chi connectivity index (χ1) is 17.8. The lowest BCUT2D eigenvalue weighted by atomic mass is 10.1. The second-order valence-corrected chi connectivity index (χ2v) is 10.1. The summed E-state index contributed by atoms with van der Waals surface area (Å²) in [5.41, 5.74) is 2.82. The van der Waals surface area contributed by atoms with Crippen LogP contribution in [0, 0.1) is 12.7 Å². The summed E-state index contributed by atoms with van der Waals surface area (Å²) in [6.45, 7) is 6.67. The highest BCUT2D eigenvalue weighted by Crippen LogP contribution is 2.31. The molecule has 2 aromatic carbocycles. The van der Waals surface area contributed by atoms with Crippen molar-refractivity contribution in [1.82, 2.24) is 19.6 Å². The van der Waals surface area contributed by atoms with Crippen molar-refractivity contribution in [3.63, 3.8) is 0 Å². The second-order valence-electron chi connectivity index (χ2n) is 9.27. The van der Waals surface area contributed by atoms with Gasteiger partial charge in [-0.15, -0.1) is 0 Å². The quantitative estimate of drug-likeness (QED) is 0.350. The van der Waals surface area contributed by atoms with Gasteiger partial charge >= 0.3 is 0 Å². The highest BCUT2D eigenvalue weighted by atomic mass is 35.5. The van der Waals surface area contributed by atoms with Gasteiger partial charge in [-0.05, 0) is 56.8 Å². The SMILES string of the molecule is COCCCN(Cc1c(C)nn(-c2cccc(F)c2)c1N1CCN(C)CC1)C(=O)c1ccc(Cl)c(Cl)c1. The van der Waals surface area contributed by atoms with Gasteiger partial charge in [-0.3, -0.25) is 4.79 Å². The zero-order valence-corrected chi connectivity index (χ0v) is 22.9. The minimum absolute atomic E-state index is 0.156. The number of halogens is 3. The Bertz CT molecular complexity index is 1240. The summed E-state index contributed by atoms with van der Waals surface area (Å²) in [7, 11) is 3.74. The number of ether oxygens (including phenoxy) is 1. The molecule has 4 rings (SSSR count). The number of carbonyl (C=O) groups is 1. The van der Waals surface area contributed by atoms with E-state index in [9.17, 15) is 9.18 Å². The second kappa shape index (κ2) is 12.3. The Morgan fingerprint density at radius 1 is 1.11 bits per heavy atom. The topological polar surface area (TPSA) is 53.8 Å². The number of carbonyl (C=O) groups excluding carboxylic acids is 1. The van der Waals surface area contributed by atoms with Crippen molar-refractivity contribution in [2.75, 3.05) is 58.4 Å². The predicted molar refractivity (Wildman–Crippen MR) is 146 cm³/mol. The summed E-state index contributed by atoms with van der Waals surface area (Å²) in [6, 6.07) is 11.3. The van der Waals surface area contributed by atoms with Crippen molar-refractivity contribution in [2.45, 2.75) is 19.9 Å². The maximum Gasteiger partial charge on any atom is 0.254 e. The van der Waals surface area contributed by atoms with Crippen LogP contribution in [-0.2, 0) is 11.3 Å². The molecule has 10 heteroatoms. The summed E-state index contributed by atoms with van der Waals surface area (Å²) in [5, 5.41) is 5.55. The molecule has 198 valence electrons. The van der Waals surface area contributed by atoms with Gasteiger partial charge in [-0.25, -0.2) is 9.07 Å². The van der Waals surface area contributed by atoms with Gasteiger partial charge in [-0.2, -0.15) is 5.10 Å². The smallest absolute Gasteiger partial charge is 0.254 e. The van der Waals surface area contributed by atoms with E-state index in [0.29, 0.717) is 47.4 Å². The van der Waals surface area contributed by atoms with Crippen molar-refractivity contribution in [3.8, 4) is 5.69 Å². The number of hydrogen-bond acceptors (Lipinski definition) is 5. The highest BCUT2D eigenvalue weighted by molar-refractivity contribution is 6.42. The van der Waals surface area contributed by atoms with Crippen LogP contribution in [0.25, 0.3) is 5.69 Å². The molecule has 1 aliphatic heterocycles. The number of anilines is 1. The molecule has 0 aliphatic carbocycles. The van der Waals surface area contributed by atoms with Crippen LogP contribution in [0.3, 0.4) is 0 Å². The number of nitrogens with zero attached hydrogens (tertiary/aromatic N) is 5. The van der Waals surface area contributed by atoms with Crippen molar-refractivity contribution >= 4 is 34.9 Å². The fourth-order valence-electron chi connectivity index (χ4n) is 4.52. The molecule has 1 saturated heterocycles. The molecule has 37 heavy (non-hydrogen) atoms. The van der Waals surface area contributed by atoms with E-state index in [1.165, 1.54) is 12.1 Å². The third kappa shape index (κ3) is 6.44. The normalized spacial score (nSPS) is 14.3. The fourth-order valence-corrected chi connectivity index (χ4v) is 4.82. The Balaban J connectivity index is 1.75. The molecule has 3 aromatic rings. The summed E-state index contributed by atoms with van der Waals surface area (Å²) < 4.78 is 21.2. The average Bonchev–Trinajstić information content (AvgIpc) is 3.21. The summed E-state index contributed by atoms with van der Waals surface area (Å²) in [6.07, 6.45) is 0.671. The Labute approximate surface area is 227 Å². The number of likely N-dealkylation sites (N-methyl/N-ethyl adjacent to an activating group) is 1. The van der Waals surface area contributed by atoms with Crippen LogP contribution in [-0.4, -0.2) is 79.0 Å². The molecular weight excluding hydrogens is 516 g/mol. The lowest BCUT2D eigenvalue weighted by molar-refractivity contribution is 0.0723. The highest BCUT2D eigenvalue weighted by Gasteiger charge is 2.28. The van der Waals surface area contributed by atoms with Gasteiger partial charge in [0, 0.05) is 57.6 Å². The first kappa shape index (κ1) is 27.4. The Morgan fingerprint density at radius 3 is 2.54 bits per heavy atom. The number of hydrogen-bond donors (Lipinski definition) is 0. The van der Waals surface area contributed by atoms with Crippen LogP contribution in [0.5, 0.6) is 0 Å². The molecule has 0 radical (unpaired) electrons. The molecule has 7 nitrogen and oxygen atoms in total. The molecule has 2 heterocycles. The van der Waals surface area contributed by atoms with E-state index in [4.69, 9.17) is 33.0 Å². The third-order valence-corrected chi connectivity index (χ3v) is 7.33. The molecule has 0 bridgehead atoms. The summed E-state index contributed by atoms with van der Waals surface area (Å²) in [4.78, 5) is 20.0. The standard InChI is InChI=1S/C27H32Cl2FN5O2/c1-19-23(18-34(10-5-15-37-3)27(36)20-8-9-24(28)25(29)16-20)26(33-13-11-32(2)12-14-33)35(31-19)22-7-4-6-21(30)17-22/h4,6-9,16-17H,5,10-15,18H2,1-3H3. The van der Waals surface area contributed by atoms with Crippen LogP contribution in [0.2, 0.25) is 10.0 Å². The number of benzene rings is 2. The minimum atomic E-state index is -0.326. The van der Waals surface area contributed by atoms with Gasteiger partial charge in [-0.1, -0.05) is 29.3 Å². The number of aryl methyl sites for hydroxylation is 1. The van der Waals surface area contributed by atoms with Crippen LogP contribution < -0.4 is 4.90 Å². The Morgan fingerprint density at radius 2 is 1.86 bits per heavy atom. The molecule has 1 aliphatic rings. The lowest BCUT2D eigenvalue weighted by Crippen LogP contribution is -2.45. The molecule has 0 saturated carbocycles. The molecular formula is C27H32Cl2FN5O2. The van der Waals surface area contributed by atoms with Gasteiger partial charge in [0.2, 0.25) is 0 Å². The lowest BCUT2D eigenvalue weighted by Gasteiger charge is -2.35. The minimum Gasteiger partial charge on any atom is -0.385 e. The molecule has 1 aromatic heterocycles. The van der Waals surface area contributed by atoms with E-state index in [1.54, 1.807) is 41.0 Å². The van der Waals surface area contributed by atoms with Crippen molar-refractivity contribution in [1.29, 1.82) is 0 Å². The summed E-state index contributed by atoms with van der Waals surface area (Å²) in [5.74, 6) is 0.402. The number of methoxy groups -OCH3 is 1. The molecule has 1 amide bonds. The molecule has 0 atom stereocenters. The number of aromatic nitrogens is 2. The molecule has 0 spiro atoms. The van der Waals surface area contributed by atoms with Crippen molar-refractivity contribution < 1.29 is 13.9 Å². The van der Waals surface area contributed by atoms with E-state index >= 15 is 0 Å². The Hall–Kier alpha value is -2.65. The Kier molecular flexibility index (Phi) is 9.08. The monoisotopic (exact) mass is 547 g/mol. The first-order valence-electron chi connectivity index (χ1n) is 12.3. The maximum atomic E-state index is 14.2. The largest absolute Gasteiger partial charge is 0.385 e. The van der Waals surface area contributed by atoms with Crippen molar-refractivity contribution in [2.24, 2.45) is 0 Å².